The quantitative estimate of drug-likeness (QED) is 0.247. The molecule has 0 amide bonds. The van der Waals surface area contributed by atoms with Gasteiger partial charge in [0, 0.05) is 0 Å². The van der Waals surface area contributed by atoms with Gasteiger partial charge in [0.25, 0.3) is 0 Å². The molecule has 0 spiro atoms. The van der Waals surface area contributed by atoms with Crippen LogP contribution in [0, 0.1) is 0 Å². The molecule has 0 aromatic carbocycles. The molecule has 2 unspecified atom stereocenters. The predicted octanol–water partition coefficient (Wildman–Crippen LogP) is -4.96. The summed E-state index contributed by atoms with van der Waals surface area (Å²) in [7, 11) is 0. The maximum absolute atomic E-state index is 10.6. The van der Waals surface area contributed by atoms with E-state index < -0.39 is 51.1 Å². The normalized spacial score (nSPS) is 45.7. The molecule has 96 valence electrons. The molecule has 10 heteroatoms. The van der Waals surface area contributed by atoms with E-state index in [2.05, 4.69) is 3.73 Å². The fourth-order valence-corrected chi connectivity index (χ4v) is 2.67. The molecule has 1 aliphatic carbocycles. The number of hydrogen-bond donors (Lipinski definition) is 7. The van der Waals surface area contributed by atoms with Crippen LogP contribution in [0.5, 0.6) is 0 Å². The third-order valence-corrected chi connectivity index (χ3v) is 3.42. The van der Waals surface area contributed by atoms with Gasteiger partial charge in [0.05, 0.1) is 0 Å². The Bertz CT molecular complexity index is 274. The number of aliphatic hydroxyl groups is 5. The first-order chi connectivity index (χ1) is 7.15. The summed E-state index contributed by atoms with van der Waals surface area (Å²) in [4.78, 5) is 0. The van der Waals surface area contributed by atoms with Gasteiger partial charge >= 0.3 is 92.3 Å². The minimum absolute atomic E-state index is 1.83. The van der Waals surface area contributed by atoms with E-state index in [1.807, 2.05) is 0 Å². The maximum atomic E-state index is 10.6. The monoisotopic (exact) mass is 304 g/mol. The van der Waals surface area contributed by atoms with Crippen molar-refractivity contribution in [1.29, 1.82) is 0 Å². The van der Waals surface area contributed by atoms with Gasteiger partial charge in [-0.05, 0) is 0 Å². The van der Waals surface area contributed by atoms with Gasteiger partial charge in [0.1, 0.15) is 0 Å². The van der Waals surface area contributed by atoms with E-state index in [0.717, 1.165) is 0 Å². The van der Waals surface area contributed by atoms with Gasteiger partial charge < -0.3 is 0 Å². The molecule has 0 radical (unpaired) electrons. The standard InChI is InChI=1S/C6H13AsO9/c8-1-2(9)4(11)6(5(12)3(1)10)16-7(13,14)15/h1-6,8-12H,(H2,13,14,15)/t1?,2-,3+,4-,5-,6?/m0/s1. The van der Waals surface area contributed by atoms with E-state index in [-0.39, 0.29) is 0 Å². The van der Waals surface area contributed by atoms with Crippen molar-refractivity contribution in [2.24, 2.45) is 0 Å². The molecule has 1 fully saturated rings. The third kappa shape index (κ3) is 2.83. The number of hydrogen-bond acceptors (Lipinski definition) is 7. The van der Waals surface area contributed by atoms with Gasteiger partial charge in [0.2, 0.25) is 0 Å². The first-order valence-electron chi connectivity index (χ1n) is 4.29. The van der Waals surface area contributed by atoms with E-state index in [9.17, 15) is 24.2 Å². The van der Waals surface area contributed by atoms with E-state index in [1.165, 1.54) is 0 Å². The van der Waals surface area contributed by atoms with Crippen molar-refractivity contribution in [2.45, 2.75) is 36.6 Å². The summed E-state index contributed by atoms with van der Waals surface area (Å²) in [6.45, 7) is 0. The Kier molecular flexibility index (Phi) is 4.17. The second-order valence-electron chi connectivity index (χ2n) is 3.51. The molecule has 0 bridgehead atoms. The Balaban J connectivity index is 2.87. The van der Waals surface area contributed by atoms with Crippen LogP contribution in [0.3, 0.4) is 0 Å². The summed E-state index contributed by atoms with van der Waals surface area (Å²) in [5.41, 5.74) is 0. The van der Waals surface area contributed by atoms with Gasteiger partial charge in [-0.3, -0.25) is 0 Å². The molecule has 1 saturated carbocycles. The summed E-state index contributed by atoms with van der Waals surface area (Å²) in [6, 6.07) is 0. The molecular formula is C6H13AsO9. The number of rotatable bonds is 2. The van der Waals surface area contributed by atoms with Crippen LogP contribution in [-0.2, 0) is 7.47 Å². The van der Waals surface area contributed by atoms with Crippen molar-refractivity contribution in [1.82, 2.24) is 0 Å². The van der Waals surface area contributed by atoms with Gasteiger partial charge in [0.15, 0.2) is 0 Å². The molecule has 6 atom stereocenters. The van der Waals surface area contributed by atoms with Gasteiger partial charge in [-0.25, -0.2) is 0 Å². The first kappa shape index (κ1) is 14.1. The van der Waals surface area contributed by atoms with Crippen LogP contribution in [0.25, 0.3) is 0 Å². The first-order valence-corrected chi connectivity index (χ1v) is 7.50. The molecule has 1 rings (SSSR count). The Labute approximate surface area is 92.9 Å². The van der Waals surface area contributed by atoms with Crippen LogP contribution in [0.2, 0.25) is 0 Å². The van der Waals surface area contributed by atoms with Crippen LogP contribution in [0.4, 0.5) is 0 Å². The molecule has 0 heterocycles. The molecule has 9 nitrogen and oxygen atoms in total. The molecular weight excluding hydrogens is 291 g/mol. The Hall–Kier alpha value is 0.0384. The Morgan fingerprint density at radius 2 is 1.06 bits per heavy atom. The van der Waals surface area contributed by atoms with Crippen molar-refractivity contribution in [3.8, 4) is 0 Å². The van der Waals surface area contributed by atoms with Gasteiger partial charge in [-0.1, -0.05) is 0 Å². The van der Waals surface area contributed by atoms with Crippen LogP contribution in [-0.4, -0.2) is 84.9 Å². The second-order valence-corrected chi connectivity index (χ2v) is 6.01. The van der Waals surface area contributed by atoms with Crippen LogP contribution in [0.1, 0.15) is 0 Å². The van der Waals surface area contributed by atoms with Crippen molar-refractivity contribution in [3.63, 3.8) is 0 Å². The minimum atomic E-state index is -5.61. The van der Waals surface area contributed by atoms with Gasteiger partial charge in [-0.15, -0.1) is 0 Å². The van der Waals surface area contributed by atoms with Crippen molar-refractivity contribution >= 4 is 14.5 Å². The molecule has 0 aliphatic heterocycles. The van der Waals surface area contributed by atoms with E-state index in [0.29, 0.717) is 0 Å². The third-order valence-electron chi connectivity index (χ3n) is 2.33. The molecule has 16 heavy (non-hydrogen) atoms. The van der Waals surface area contributed by atoms with Crippen molar-refractivity contribution in [3.05, 3.63) is 0 Å². The summed E-state index contributed by atoms with van der Waals surface area (Å²) >= 11 is -5.61. The SMILES string of the molecule is O=[As](O)(O)OC1[C@@H](O)[C@H](O)C(O)[C@H](O)[C@@H]1O. The zero-order valence-electron chi connectivity index (χ0n) is 7.86. The Morgan fingerprint density at radius 1 is 0.750 bits per heavy atom. The zero-order chi connectivity index (χ0) is 12.7. The fraction of sp³-hybridized carbons (Fsp3) is 1.00. The van der Waals surface area contributed by atoms with Crippen molar-refractivity contribution < 1.29 is 41.2 Å². The van der Waals surface area contributed by atoms with Gasteiger partial charge in [-0.2, -0.15) is 0 Å². The average molecular weight is 304 g/mol. The molecule has 1 aliphatic rings. The van der Waals surface area contributed by atoms with Crippen LogP contribution in [0.15, 0.2) is 0 Å². The second kappa shape index (κ2) is 4.73. The molecule has 7 N–H and O–H groups in total. The summed E-state index contributed by atoms with van der Waals surface area (Å²) in [5, 5.41) is 46.2. The topological polar surface area (TPSA) is 168 Å². The average Bonchev–Trinajstić information content (AvgIpc) is 2.17. The van der Waals surface area contributed by atoms with Crippen LogP contribution >= 0.6 is 0 Å². The fourth-order valence-electron chi connectivity index (χ4n) is 1.48. The summed E-state index contributed by atoms with van der Waals surface area (Å²) in [5.74, 6) is 0. The zero-order valence-corrected chi connectivity index (χ0v) is 9.73. The van der Waals surface area contributed by atoms with E-state index >= 15 is 0 Å². The summed E-state index contributed by atoms with van der Waals surface area (Å²) in [6.07, 6.45) is -11.3. The summed E-state index contributed by atoms with van der Waals surface area (Å²) < 4.78 is 31.8. The van der Waals surface area contributed by atoms with E-state index in [1.54, 1.807) is 0 Å². The molecule has 0 saturated heterocycles. The van der Waals surface area contributed by atoms with Crippen molar-refractivity contribution in [2.75, 3.05) is 0 Å². The molecule has 0 aromatic rings. The predicted molar refractivity (Wildman–Crippen MR) is 45.8 cm³/mol. The molecule has 0 aromatic heterocycles. The van der Waals surface area contributed by atoms with E-state index in [4.69, 9.17) is 13.3 Å². The van der Waals surface area contributed by atoms with Crippen LogP contribution < -0.4 is 0 Å². The number of aliphatic hydroxyl groups excluding tert-OH is 5. The Morgan fingerprint density at radius 3 is 1.38 bits per heavy atom.